The normalized spacial score (nSPS) is 11.5. The smallest absolute Gasteiger partial charge is 0.177 e. The average molecular weight is 198 g/mol. The van der Waals surface area contributed by atoms with Gasteiger partial charge in [-0.15, -0.1) is 0 Å². The van der Waals surface area contributed by atoms with Crippen molar-refractivity contribution in [3.05, 3.63) is 30.4 Å². The molecule has 71 valence electrons. The van der Waals surface area contributed by atoms with E-state index in [1.54, 1.807) is 12.3 Å². The summed E-state index contributed by atoms with van der Waals surface area (Å²) in [6.45, 7) is 1.99. The van der Waals surface area contributed by atoms with E-state index in [1.807, 2.05) is 13.3 Å². The van der Waals surface area contributed by atoms with E-state index in [0.717, 1.165) is 12.0 Å². The van der Waals surface area contributed by atoms with Crippen molar-refractivity contribution >= 4 is 9.84 Å². The first kappa shape index (κ1) is 10.2. The maximum absolute atomic E-state index is 11.1. The van der Waals surface area contributed by atoms with Gasteiger partial charge in [-0.1, -0.05) is 6.92 Å². The van der Waals surface area contributed by atoms with Gasteiger partial charge in [0.1, 0.15) is 0 Å². The lowest BCUT2D eigenvalue weighted by Crippen LogP contribution is -1.98. The number of pyridine rings is 1. The van der Waals surface area contributed by atoms with Gasteiger partial charge >= 0.3 is 0 Å². The summed E-state index contributed by atoms with van der Waals surface area (Å²) < 4.78 is 22.3. The first-order valence-corrected chi connectivity index (χ1v) is 5.91. The molecule has 3 nitrogen and oxygen atoms in total. The van der Waals surface area contributed by atoms with Gasteiger partial charge in [-0.25, -0.2) is 8.42 Å². The van der Waals surface area contributed by atoms with Crippen LogP contribution in [0.5, 0.6) is 0 Å². The molecule has 0 saturated heterocycles. The summed E-state index contributed by atoms with van der Waals surface area (Å²) in [6, 6.07) is 1.63. The van der Waals surface area contributed by atoms with Crippen molar-refractivity contribution in [3.8, 4) is 0 Å². The van der Waals surface area contributed by atoms with E-state index >= 15 is 0 Å². The van der Waals surface area contributed by atoms with E-state index in [9.17, 15) is 8.42 Å². The molecule has 0 spiro atoms. The molecular formula is C9H12NO2S. The van der Waals surface area contributed by atoms with Gasteiger partial charge in [0.15, 0.2) is 9.84 Å². The molecule has 0 aromatic carbocycles. The zero-order valence-electron chi connectivity index (χ0n) is 7.69. The monoisotopic (exact) mass is 198 g/mol. The molecule has 0 atom stereocenters. The van der Waals surface area contributed by atoms with Gasteiger partial charge in [-0.2, -0.15) is 0 Å². The van der Waals surface area contributed by atoms with Crippen LogP contribution in [0.15, 0.2) is 23.4 Å². The predicted octanol–water partition coefficient (Wildman–Crippen LogP) is 1.45. The molecule has 0 aliphatic rings. The summed E-state index contributed by atoms with van der Waals surface area (Å²) >= 11 is 0. The molecule has 1 aromatic rings. The molecule has 1 rings (SSSR count). The number of hydrogen-bond acceptors (Lipinski definition) is 3. The number of aromatic nitrogens is 1. The van der Waals surface area contributed by atoms with Crippen molar-refractivity contribution in [2.24, 2.45) is 0 Å². The van der Waals surface area contributed by atoms with E-state index in [0.29, 0.717) is 0 Å². The Bertz CT molecular complexity index is 384. The third-order valence-electron chi connectivity index (χ3n) is 1.60. The van der Waals surface area contributed by atoms with Crippen LogP contribution in [0.3, 0.4) is 0 Å². The Hall–Kier alpha value is -0.900. The molecule has 1 aromatic heterocycles. The highest BCUT2D eigenvalue weighted by Gasteiger charge is 2.07. The fourth-order valence-corrected chi connectivity index (χ4v) is 1.59. The van der Waals surface area contributed by atoms with Crippen LogP contribution in [-0.2, 0) is 9.84 Å². The SMILES string of the molecule is CC[CH]c1cncc(S(C)(=O)=O)c1. The largest absolute Gasteiger partial charge is 0.263 e. The van der Waals surface area contributed by atoms with Crippen LogP contribution in [0.25, 0.3) is 0 Å². The molecule has 0 aliphatic carbocycles. The number of sulfone groups is 1. The number of rotatable bonds is 3. The van der Waals surface area contributed by atoms with Gasteiger partial charge in [0.05, 0.1) is 4.90 Å². The molecule has 0 N–H and O–H groups in total. The molecule has 0 aliphatic heterocycles. The van der Waals surface area contributed by atoms with Crippen LogP contribution in [0.2, 0.25) is 0 Å². The van der Waals surface area contributed by atoms with Crippen LogP contribution in [0, 0.1) is 6.42 Å². The molecule has 13 heavy (non-hydrogen) atoms. The maximum Gasteiger partial charge on any atom is 0.177 e. The van der Waals surface area contributed by atoms with E-state index in [1.165, 1.54) is 12.5 Å². The van der Waals surface area contributed by atoms with Gasteiger partial charge < -0.3 is 0 Å². The Kier molecular flexibility index (Phi) is 3.03. The summed E-state index contributed by atoms with van der Waals surface area (Å²) in [5.74, 6) is 0. The lowest BCUT2D eigenvalue weighted by atomic mass is 10.2. The van der Waals surface area contributed by atoms with Gasteiger partial charge in [0.2, 0.25) is 0 Å². The minimum Gasteiger partial charge on any atom is -0.263 e. The Labute approximate surface area is 78.7 Å². The fourth-order valence-electron chi connectivity index (χ4n) is 0.986. The number of hydrogen-bond donors (Lipinski definition) is 0. The van der Waals surface area contributed by atoms with Crippen molar-refractivity contribution in [1.82, 2.24) is 4.98 Å². The zero-order valence-corrected chi connectivity index (χ0v) is 8.50. The highest BCUT2D eigenvalue weighted by atomic mass is 32.2. The van der Waals surface area contributed by atoms with Gasteiger partial charge in [-0.05, 0) is 24.5 Å². The summed E-state index contributed by atoms with van der Waals surface area (Å²) in [5, 5.41) is 0. The van der Waals surface area contributed by atoms with Crippen molar-refractivity contribution in [1.29, 1.82) is 0 Å². The third kappa shape index (κ3) is 2.81. The topological polar surface area (TPSA) is 47.0 Å². The molecule has 4 heteroatoms. The molecule has 0 fully saturated rings. The fraction of sp³-hybridized carbons (Fsp3) is 0.333. The predicted molar refractivity (Wildman–Crippen MR) is 51.0 cm³/mol. The molecule has 0 amide bonds. The molecule has 0 bridgehead atoms. The minimum atomic E-state index is -3.13. The highest BCUT2D eigenvalue weighted by Crippen LogP contribution is 2.11. The van der Waals surface area contributed by atoms with Crippen LogP contribution in [-0.4, -0.2) is 19.7 Å². The quantitative estimate of drug-likeness (QED) is 0.738. The standard InChI is InChI=1S/C9H12NO2S/c1-3-4-8-5-9(7-10-6-8)13(2,11)12/h4-7H,3H2,1-2H3. The Morgan fingerprint density at radius 3 is 2.69 bits per heavy atom. The zero-order chi connectivity index (χ0) is 9.90. The summed E-state index contributed by atoms with van der Waals surface area (Å²) in [5.41, 5.74) is 0.852. The minimum absolute atomic E-state index is 0.273. The second kappa shape index (κ2) is 3.87. The lowest BCUT2D eigenvalue weighted by molar-refractivity contribution is 0.601. The average Bonchev–Trinajstić information content (AvgIpc) is 2.04. The maximum atomic E-state index is 11.1. The molecule has 1 radical (unpaired) electrons. The van der Waals surface area contributed by atoms with Crippen LogP contribution in [0.4, 0.5) is 0 Å². The van der Waals surface area contributed by atoms with E-state index in [4.69, 9.17) is 0 Å². The van der Waals surface area contributed by atoms with E-state index in [-0.39, 0.29) is 4.90 Å². The van der Waals surface area contributed by atoms with Gasteiger partial charge in [0, 0.05) is 18.6 Å². The van der Waals surface area contributed by atoms with Gasteiger partial charge in [0.25, 0.3) is 0 Å². The van der Waals surface area contributed by atoms with Crippen molar-refractivity contribution in [2.45, 2.75) is 18.2 Å². The summed E-state index contributed by atoms with van der Waals surface area (Å²) in [4.78, 5) is 4.13. The molecule has 0 saturated carbocycles. The second-order valence-corrected chi connectivity index (χ2v) is 4.85. The molecule has 1 heterocycles. The summed E-state index contributed by atoms with van der Waals surface area (Å²) in [6.07, 6.45) is 7.00. The van der Waals surface area contributed by atoms with Crippen molar-refractivity contribution in [2.75, 3.05) is 6.26 Å². The van der Waals surface area contributed by atoms with Crippen LogP contribution >= 0.6 is 0 Å². The van der Waals surface area contributed by atoms with E-state index in [2.05, 4.69) is 4.98 Å². The molecule has 0 unspecified atom stereocenters. The Morgan fingerprint density at radius 1 is 1.46 bits per heavy atom. The first-order chi connectivity index (χ1) is 6.04. The third-order valence-corrected chi connectivity index (χ3v) is 2.68. The van der Waals surface area contributed by atoms with E-state index < -0.39 is 9.84 Å². The molecular weight excluding hydrogens is 186 g/mol. The van der Waals surface area contributed by atoms with Crippen LogP contribution in [0.1, 0.15) is 18.9 Å². The first-order valence-electron chi connectivity index (χ1n) is 4.02. The lowest BCUT2D eigenvalue weighted by Gasteiger charge is -2.00. The summed E-state index contributed by atoms with van der Waals surface area (Å²) in [7, 11) is -3.13. The van der Waals surface area contributed by atoms with Crippen molar-refractivity contribution in [3.63, 3.8) is 0 Å². The van der Waals surface area contributed by atoms with Crippen LogP contribution < -0.4 is 0 Å². The number of nitrogens with zero attached hydrogens (tertiary/aromatic N) is 1. The van der Waals surface area contributed by atoms with Crippen molar-refractivity contribution < 1.29 is 8.42 Å². The highest BCUT2D eigenvalue weighted by molar-refractivity contribution is 7.90. The second-order valence-electron chi connectivity index (χ2n) is 2.84. The Balaban J connectivity index is 3.06. The van der Waals surface area contributed by atoms with Gasteiger partial charge in [-0.3, -0.25) is 4.98 Å². The Morgan fingerprint density at radius 2 is 2.15 bits per heavy atom.